The Morgan fingerprint density at radius 2 is 1.78 bits per heavy atom. The van der Waals surface area contributed by atoms with Crippen LogP contribution in [0.1, 0.15) is 84.8 Å². The Morgan fingerprint density at radius 3 is 2.34 bits per heavy atom. The van der Waals surface area contributed by atoms with Crippen molar-refractivity contribution in [3.63, 3.8) is 0 Å². The first-order valence-corrected chi connectivity index (χ1v) is 14.0. The van der Waals surface area contributed by atoms with Gasteiger partial charge in [0, 0.05) is 18.7 Å². The lowest BCUT2D eigenvalue weighted by molar-refractivity contribution is -0.138. The number of allylic oxidation sites excluding steroid dienone is 2. The molecule has 7 nitrogen and oxygen atoms in total. The van der Waals surface area contributed by atoms with Crippen LogP contribution in [0.15, 0.2) is 47.6 Å². The maximum Gasteiger partial charge on any atom is 0.416 e. The lowest BCUT2D eigenvalue weighted by Crippen LogP contribution is -2.56. The van der Waals surface area contributed by atoms with Gasteiger partial charge in [-0.05, 0) is 75.5 Å². The van der Waals surface area contributed by atoms with Gasteiger partial charge in [0.15, 0.2) is 0 Å². The molecule has 10 heteroatoms. The quantitative estimate of drug-likeness (QED) is 0.269. The molecule has 0 aromatic heterocycles. The zero-order chi connectivity index (χ0) is 30.8. The molecule has 1 atom stereocenters. The molecule has 1 heterocycles. The zero-order valence-corrected chi connectivity index (χ0v) is 24.7. The van der Waals surface area contributed by atoms with Gasteiger partial charge in [-0.2, -0.15) is 13.2 Å². The third kappa shape index (κ3) is 7.39. The van der Waals surface area contributed by atoms with Gasteiger partial charge in [0.05, 0.1) is 17.6 Å². The number of carbonyl (C=O) groups excluding carboxylic acids is 2. The van der Waals surface area contributed by atoms with Crippen LogP contribution in [0, 0.1) is 11.3 Å². The molecular weight excluding hydrogens is 535 g/mol. The first kappa shape index (κ1) is 32.4. The summed E-state index contributed by atoms with van der Waals surface area (Å²) in [6.07, 6.45) is 1.74. The Balaban J connectivity index is 1.91. The Bertz CT molecular complexity index is 1220. The second kappa shape index (κ2) is 12.0. The van der Waals surface area contributed by atoms with E-state index < -0.39 is 28.9 Å². The van der Waals surface area contributed by atoms with Gasteiger partial charge in [0.1, 0.15) is 5.54 Å². The second-order valence-electron chi connectivity index (χ2n) is 12.7. The fourth-order valence-electron chi connectivity index (χ4n) is 5.90. The van der Waals surface area contributed by atoms with E-state index in [1.54, 1.807) is 37.0 Å². The smallest absolute Gasteiger partial charge is 0.416 e. The van der Waals surface area contributed by atoms with Crippen molar-refractivity contribution >= 4 is 17.8 Å². The van der Waals surface area contributed by atoms with Crippen molar-refractivity contribution < 1.29 is 32.7 Å². The predicted octanol–water partition coefficient (Wildman–Crippen LogP) is 5.77. The maximum absolute atomic E-state index is 14.1. The summed E-state index contributed by atoms with van der Waals surface area (Å²) in [6, 6.07) is 4.97. The number of carboxylic acid groups (broad SMARTS) is 1. The van der Waals surface area contributed by atoms with Gasteiger partial charge < -0.3 is 15.3 Å². The standard InChI is InChI=1S/C31H42F3N3O4/c1-20(10-11-21(2)26(40)35-17-14-25(38)39)19-37-27(41)29(6,23-8-7-9-24(18-23)31(32,33)34)36-30(37)15-12-22(13-16-30)28(3,4)5/h7-11,18,22,36H,12-17,19H2,1-6H3,(H,35,40)(H,38,39)/b20-10+,21-11+. The van der Waals surface area contributed by atoms with Gasteiger partial charge in [-0.3, -0.25) is 19.7 Å². The summed E-state index contributed by atoms with van der Waals surface area (Å²) in [4.78, 5) is 38.9. The van der Waals surface area contributed by atoms with E-state index in [9.17, 15) is 27.6 Å². The van der Waals surface area contributed by atoms with Crippen molar-refractivity contribution in [3.05, 3.63) is 58.7 Å². The maximum atomic E-state index is 14.1. The van der Waals surface area contributed by atoms with Crippen LogP contribution in [-0.4, -0.2) is 46.5 Å². The molecule has 1 spiro atoms. The van der Waals surface area contributed by atoms with E-state index in [-0.39, 0.29) is 42.3 Å². The van der Waals surface area contributed by atoms with Crippen molar-refractivity contribution in [1.82, 2.24) is 15.5 Å². The molecule has 226 valence electrons. The molecule has 1 aromatic carbocycles. The predicted molar refractivity (Wildman–Crippen MR) is 151 cm³/mol. The number of rotatable bonds is 8. The molecule has 1 aliphatic heterocycles. The Kier molecular flexibility index (Phi) is 9.47. The van der Waals surface area contributed by atoms with Crippen molar-refractivity contribution in [3.8, 4) is 0 Å². The number of alkyl halides is 3. The first-order chi connectivity index (χ1) is 18.9. The highest BCUT2D eigenvalue weighted by Gasteiger charge is 2.58. The van der Waals surface area contributed by atoms with Gasteiger partial charge in [-0.1, -0.05) is 50.6 Å². The summed E-state index contributed by atoms with van der Waals surface area (Å²) in [5, 5.41) is 14.8. The normalized spacial score (nSPS) is 26.0. The highest BCUT2D eigenvalue weighted by atomic mass is 19.4. The van der Waals surface area contributed by atoms with Crippen LogP contribution >= 0.6 is 0 Å². The van der Waals surface area contributed by atoms with Gasteiger partial charge in [-0.25, -0.2) is 0 Å². The molecule has 1 saturated heterocycles. The average Bonchev–Trinajstić information content (AvgIpc) is 3.08. The minimum atomic E-state index is -4.53. The van der Waals surface area contributed by atoms with Gasteiger partial charge in [0.25, 0.3) is 0 Å². The van der Waals surface area contributed by atoms with E-state index in [4.69, 9.17) is 5.11 Å². The highest BCUT2D eigenvalue weighted by Crippen LogP contribution is 2.48. The molecule has 2 fully saturated rings. The molecule has 2 aliphatic rings. The van der Waals surface area contributed by atoms with Crippen molar-refractivity contribution in [2.75, 3.05) is 13.1 Å². The van der Waals surface area contributed by atoms with Crippen molar-refractivity contribution in [2.45, 2.75) is 91.0 Å². The number of benzene rings is 1. The van der Waals surface area contributed by atoms with Crippen LogP contribution in [0.25, 0.3) is 0 Å². The molecule has 1 aliphatic carbocycles. The van der Waals surface area contributed by atoms with E-state index in [0.29, 0.717) is 24.3 Å². The van der Waals surface area contributed by atoms with Crippen molar-refractivity contribution in [1.29, 1.82) is 0 Å². The Hall–Kier alpha value is -3.14. The minimum absolute atomic E-state index is 0.0161. The zero-order valence-electron chi connectivity index (χ0n) is 24.7. The van der Waals surface area contributed by atoms with Gasteiger partial charge >= 0.3 is 12.1 Å². The van der Waals surface area contributed by atoms with Crippen LogP contribution in [0.4, 0.5) is 13.2 Å². The van der Waals surface area contributed by atoms with Crippen LogP contribution in [0.2, 0.25) is 0 Å². The van der Waals surface area contributed by atoms with Crippen LogP contribution in [0.3, 0.4) is 0 Å². The molecule has 41 heavy (non-hydrogen) atoms. The summed E-state index contributed by atoms with van der Waals surface area (Å²) in [7, 11) is 0. The van der Waals surface area contributed by atoms with E-state index in [0.717, 1.165) is 30.5 Å². The van der Waals surface area contributed by atoms with E-state index >= 15 is 0 Å². The molecule has 1 saturated carbocycles. The first-order valence-electron chi connectivity index (χ1n) is 14.0. The summed E-state index contributed by atoms with van der Waals surface area (Å²) < 4.78 is 40.7. The topological polar surface area (TPSA) is 98.7 Å². The largest absolute Gasteiger partial charge is 0.481 e. The fraction of sp³-hybridized carbons (Fsp3) is 0.581. The lowest BCUT2D eigenvalue weighted by Gasteiger charge is -2.46. The number of nitrogens with one attached hydrogen (secondary N) is 2. The van der Waals surface area contributed by atoms with Crippen molar-refractivity contribution in [2.24, 2.45) is 11.3 Å². The molecule has 3 N–H and O–H groups in total. The molecule has 2 amide bonds. The third-order valence-corrected chi connectivity index (χ3v) is 8.48. The molecule has 3 rings (SSSR count). The number of carbonyl (C=O) groups is 3. The number of carboxylic acids is 1. The van der Waals surface area contributed by atoms with Crippen LogP contribution < -0.4 is 10.6 Å². The number of aliphatic carboxylic acids is 1. The summed E-state index contributed by atoms with van der Waals surface area (Å²) in [5.41, 5.74) is -1.31. The Morgan fingerprint density at radius 1 is 1.15 bits per heavy atom. The fourth-order valence-corrected chi connectivity index (χ4v) is 5.90. The molecule has 0 bridgehead atoms. The lowest BCUT2D eigenvalue weighted by atomic mass is 9.69. The molecule has 1 aromatic rings. The van der Waals surface area contributed by atoms with E-state index in [2.05, 4.69) is 31.4 Å². The molecule has 1 unspecified atom stereocenters. The SMILES string of the molecule is C/C(=C\C=C(/C)C(=O)NCCC(=O)O)CN1C(=O)C(C)(c2cccc(C(F)(F)F)c2)NC12CCC(C(C)(C)C)CC2. The number of hydrogen-bond acceptors (Lipinski definition) is 4. The summed E-state index contributed by atoms with van der Waals surface area (Å²) in [6.45, 7) is 12.0. The number of nitrogens with zero attached hydrogens (tertiary/aromatic N) is 1. The Labute approximate surface area is 240 Å². The van der Waals surface area contributed by atoms with E-state index in [1.807, 2.05) is 6.92 Å². The summed E-state index contributed by atoms with van der Waals surface area (Å²) >= 11 is 0. The van der Waals surface area contributed by atoms with Gasteiger partial charge in [0.2, 0.25) is 11.8 Å². The van der Waals surface area contributed by atoms with Gasteiger partial charge in [-0.15, -0.1) is 0 Å². The summed E-state index contributed by atoms with van der Waals surface area (Å²) in [5.74, 6) is -1.22. The van der Waals surface area contributed by atoms with Crippen LogP contribution in [0.5, 0.6) is 0 Å². The van der Waals surface area contributed by atoms with Crippen LogP contribution in [-0.2, 0) is 26.1 Å². The highest BCUT2D eigenvalue weighted by molar-refractivity contribution is 5.93. The molecule has 0 radical (unpaired) electrons. The number of amides is 2. The average molecular weight is 578 g/mol. The second-order valence-corrected chi connectivity index (χ2v) is 12.7. The third-order valence-electron chi connectivity index (χ3n) is 8.48. The monoisotopic (exact) mass is 577 g/mol. The molecular formula is C31H42F3N3O4. The minimum Gasteiger partial charge on any atom is -0.481 e. The van der Waals surface area contributed by atoms with E-state index in [1.165, 1.54) is 6.07 Å². The number of hydrogen-bond donors (Lipinski definition) is 3. The number of halogens is 3.